The number of carbonyl (C=O) groups excluding carboxylic acids is 1. The van der Waals surface area contributed by atoms with Crippen LogP contribution in [0, 0.1) is 11.8 Å². The highest BCUT2D eigenvalue weighted by molar-refractivity contribution is 5.93. The summed E-state index contributed by atoms with van der Waals surface area (Å²) in [6.45, 7) is 5.15. The molecule has 2 unspecified atom stereocenters. The molecule has 0 spiro atoms. The summed E-state index contributed by atoms with van der Waals surface area (Å²) in [5.74, 6) is 4.52. The van der Waals surface area contributed by atoms with Crippen molar-refractivity contribution in [1.29, 1.82) is 0 Å². The van der Waals surface area contributed by atoms with E-state index in [2.05, 4.69) is 17.2 Å². The Balaban J connectivity index is 4.00. The molecule has 3 heteroatoms. The van der Waals surface area contributed by atoms with Gasteiger partial charge in [0.25, 0.3) is 5.91 Å². The van der Waals surface area contributed by atoms with Gasteiger partial charge in [-0.05, 0) is 26.2 Å². The van der Waals surface area contributed by atoms with E-state index in [0.717, 1.165) is 0 Å². The first-order valence-corrected chi connectivity index (χ1v) is 4.03. The molecule has 0 saturated heterocycles. The third kappa shape index (κ3) is 3.99. The average molecular weight is 169 g/mol. The Hall–Kier alpha value is -1.01. The van der Waals surface area contributed by atoms with Crippen molar-refractivity contribution in [2.75, 3.05) is 0 Å². The molecule has 2 N–H and O–H groups in total. The van der Waals surface area contributed by atoms with Gasteiger partial charge in [0.2, 0.25) is 0 Å². The zero-order chi connectivity index (χ0) is 9.56. The van der Waals surface area contributed by atoms with Gasteiger partial charge < -0.3 is 10.4 Å². The maximum Gasteiger partial charge on any atom is 0.296 e. The molecule has 68 valence electrons. The highest BCUT2D eigenvalue weighted by Crippen LogP contribution is 1.96. The van der Waals surface area contributed by atoms with Crippen molar-refractivity contribution in [3.63, 3.8) is 0 Å². The van der Waals surface area contributed by atoms with Gasteiger partial charge in [-0.15, -0.1) is 0 Å². The number of carbonyl (C=O) groups is 1. The quantitative estimate of drug-likeness (QED) is 0.596. The molecule has 0 aromatic carbocycles. The molecule has 0 bridgehead atoms. The van der Waals surface area contributed by atoms with Crippen LogP contribution >= 0.6 is 0 Å². The molecule has 0 aliphatic carbocycles. The number of amides is 1. The zero-order valence-electron chi connectivity index (χ0n) is 7.72. The molecule has 0 aromatic heterocycles. The molecule has 0 rings (SSSR count). The van der Waals surface area contributed by atoms with E-state index >= 15 is 0 Å². The van der Waals surface area contributed by atoms with Crippen molar-refractivity contribution < 1.29 is 9.90 Å². The van der Waals surface area contributed by atoms with Crippen molar-refractivity contribution in [1.82, 2.24) is 5.32 Å². The lowest BCUT2D eigenvalue weighted by Crippen LogP contribution is -2.40. The molecule has 12 heavy (non-hydrogen) atoms. The molecule has 0 aliphatic rings. The van der Waals surface area contributed by atoms with Crippen LogP contribution in [0.2, 0.25) is 0 Å². The van der Waals surface area contributed by atoms with Gasteiger partial charge in [0.15, 0.2) is 0 Å². The molecular formula is C9H15NO2. The maximum atomic E-state index is 10.9. The van der Waals surface area contributed by atoms with Crippen molar-refractivity contribution in [3.05, 3.63) is 0 Å². The molecule has 0 heterocycles. The Morgan fingerprint density at radius 2 is 2.25 bits per heavy atom. The highest BCUT2D eigenvalue weighted by atomic mass is 16.3. The lowest BCUT2D eigenvalue weighted by molar-refractivity contribution is -0.117. The number of aliphatic hydroxyl groups is 1. The molecule has 3 nitrogen and oxygen atoms in total. The summed E-state index contributed by atoms with van der Waals surface area (Å²) in [5, 5.41) is 11.8. The van der Waals surface area contributed by atoms with Crippen LogP contribution in [0.3, 0.4) is 0 Å². The first kappa shape index (κ1) is 11.0. The molecule has 0 aliphatic heterocycles. The minimum Gasteiger partial charge on any atom is -0.391 e. The molecule has 2 atom stereocenters. The summed E-state index contributed by atoms with van der Waals surface area (Å²) in [4.78, 5) is 10.9. The minimum absolute atomic E-state index is 0.196. The highest BCUT2D eigenvalue weighted by Gasteiger charge is 2.13. The van der Waals surface area contributed by atoms with E-state index in [1.165, 1.54) is 0 Å². The Bertz CT molecular complexity index is 200. The van der Waals surface area contributed by atoms with Crippen molar-refractivity contribution in [2.45, 2.75) is 39.3 Å². The number of nitrogens with one attached hydrogen (secondary N) is 1. The van der Waals surface area contributed by atoms with Gasteiger partial charge in [-0.3, -0.25) is 4.79 Å². The van der Waals surface area contributed by atoms with Crippen LogP contribution in [0.1, 0.15) is 27.2 Å². The fourth-order valence-corrected chi connectivity index (χ4v) is 0.882. The largest absolute Gasteiger partial charge is 0.391 e. The lowest BCUT2D eigenvalue weighted by atomic mass is 10.1. The number of aliphatic hydroxyl groups excluding tert-OH is 1. The average Bonchev–Trinajstić information content (AvgIpc) is 2.00. The normalized spacial score (nSPS) is 14.0. The molecule has 0 fully saturated rings. The van der Waals surface area contributed by atoms with Gasteiger partial charge >= 0.3 is 0 Å². The molecular weight excluding hydrogens is 154 g/mol. The topological polar surface area (TPSA) is 49.3 Å². The van der Waals surface area contributed by atoms with Crippen LogP contribution in [-0.4, -0.2) is 23.2 Å². The predicted molar refractivity (Wildman–Crippen MR) is 47.4 cm³/mol. The monoisotopic (exact) mass is 169 g/mol. The Labute approximate surface area is 73.2 Å². The summed E-state index contributed by atoms with van der Waals surface area (Å²) < 4.78 is 0. The van der Waals surface area contributed by atoms with E-state index in [1.54, 1.807) is 13.8 Å². The molecule has 0 saturated carbocycles. The lowest BCUT2D eigenvalue weighted by Gasteiger charge is -2.17. The summed E-state index contributed by atoms with van der Waals surface area (Å²) >= 11 is 0. The zero-order valence-corrected chi connectivity index (χ0v) is 7.72. The first-order chi connectivity index (χ1) is 5.61. The number of hydrogen-bond donors (Lipinski definition) is 2. The van der Waals surface area contributed by atoms with Crippen LogP contribution in [0.4, 0.5) is 0 Å². The second-order valence-corrected chi connectivity index (χ2v) is 2.60. The van der Waals surface area contributed by atoms with Crippen LogP contribution in [0.5, 0.6) is 0 Å². The van der Waals surface area contributed by atoms with E-state index in [1.807, 2.05) is 6.92 Å². The van der Waals surface area contributed by atoms with E-state index in [-0.39, 0.29) is 11.9 Å². The molecule has 0 aromatic rings. The van der Waals surface area contributed by atoms with Gasteiger partial charge in [-0.2, -0.15) is 0 Å². The van der Waals surface area contributed by atoms with Gasteiger partial charge in [0, 0.05) is 0 Å². The Kier molecular flexibility index (Phi) is 5.14. The van der Waals surface area contributed by atoms with Crippen molar-refractivity contribution in [3.8, 4) is 11.8 Å². The fourth-order valence-electron chi connectivity index (χ4n) is 0.882. The first-order valence-electron chi connectivity index (χ1n) is 4.03. The summed E-state index contributed by atoms with van der Waals surface area (Å²) in [6.07, 6.45) is 0.173. The SMILES string of the molecule is CC#CC(=O)NC(CC)C(C)O. The van der Waals surface area contributed by atoms with Crippen molar-refractivity contribution in [2.24, 2.45) is 0 Å². The van der Waals surface area contributed by atoms with Crippen LogP contribution in [0.25, 0.3) is 0 Å². The maximum absolute atomic E-state index is 10.9. The summed E-state index contributed by atoms with van der Waals surface area (Å²) in [7, 11) is 0. The minimum atomic E-state index is -0.530. The van der Waals surface area contributed by atoms with E-state index < -0.39 is 6.10 Å². The van der Waals surface area contributed by atoms with Crippen LogP contribution < -0.4 is 5.32 Å². The van der Waals surface area contributed by atoms with Crippen LogP contribution in [-0.2, 0) is 4.79 Å². The second kappa shape index (κ2) is 5.62. The van der Waals surface area contributed by atoms with Gasteiger partial charge in [0.1, 0.15) is 0 Å². The Morgan fingerprint density at radius 3 is 2.58 bits per heavy atom. The van der Waals surface area contributed by atoms with Gasteiger partial charge in [-0.25, -0.2) is 0 Å². The Morgan fingerprint density at radius 1 is 1.67 bits per heavy atom. The smallest absolute Gasteiger partial charge is 0.296 e. The standard InChI is InChI=1S/C9H15NO2/c1-4-6-9(12)10-8(5-2)7(3)11/h7-8,11H,5H2,1-3H3,(H,10,12). The number of rotatable bonds is 3. The summed E-state index contributed by atoms with van der Waals surface area (Å²) in [5.41, 5.74) is 0. The number of hydrogen-bond acceptors (Lipinski definition) is 2. The summed E-state index contributed by atoms with van der Waals surface area (Å²) in [6, 6.07) is -0.196. The van der Waals surface area contributed by atoms with Crippen LogP contribution in [0.15, 0.2) is 0 Å². The van der Waals surface area contributed by atoms with E-state index in [9.17, 15) is 4.79 Å². The van der Waals surface area contributed by atoms with Crippen molar-refractivity contribution >= 4 is 5.91 Å². The van der Waals surface area contributed by atoms with E-state index in [0.29, 0.717) is 6.42 Å². The third-order valence-electron chi connectivity index (χ3n) is 1.58. The molecule has 0 radical (unpaired) electrons. The predicted octanol–water partition coefficient (Wildman–Crippen LogP) is 0.285. The van der Waals surface area contributed by atoms with Gasteiger partial charge in [0.05, 0.1) is 12.1 Å². The molecule has 1 amide bonds. The second-order valence-electron chi connectivity index (χ2n) is 2.60. The fraction of sp³-hybridized carbons (Fsp3) is 0.667. The van der Waals surface area contributed by atoms with E-state index in [4.69, 9.17) is 5.11 Å². The third-order valence-corrected chi connectivity index (χ3v) is 1.58. The van der Waals surface area contributed by atoms with Gasteiger partial charge in [-0.1, -0.05) is 12.8 Å².